The molecular weight excluding hydrogens is 450 g/mol. The Morgan fingerprint density at radius 1 is 1.24 bits per heavy atom. The van der Waals surface area contributed by atoms with E-state index in [1.54, 1.807) is 24.2 Å². The minimum absolute atomic E-state index is 0.273. The normalized spacial score (nSPS) is 18.0. The van der Waals surface area contributed by atoms with Gasteiger partial charge in [0.1, 0.15) is 10.7 Å². The number of aromatic nitrogens is 5. The summed E-state index contributed by atoms with van der Waals surface area (Å²) in [6.45, 7) is 5.29. The van der Waals surface area contributed by atoms with Crippen LogP contribution in [-0.2, 0) is 16.9 Å². The summed E-state index contributed by atoms with van der Waals surface area (Å²) in [4.78, 5) is 27.8. The minimum atomic E-state index is -1.48. The third kappa shape index (κ3) is 3.95. The van der Waals surface area contributed by atoms with Gasteiger partial charge < -0.3 is 15.3 Å². The zero-order valence-electron chi connectivity index (χ0n) is 19.2. The van der Waals surface area contributed by atoms with Crippen molar-refractivity contribution in [1.29, 1.82) is 0 Å². The van der Waals surface area contributed by atoms with E-state index < -0.39 is 5.60 Å². The van der Waals surface area contributed by atoms with Crippen molar-refractivity contribution < 1.29 is 9.90 Å². The first kappa shape index (κ1) is 22.2. The van der Waals surface area contributed by atoms with Gasteiger partial charge in [0.2, 0.25) is 5.95 Å². The van der Waals surface area contributed by atoms with Gasteiger partial charge >= 0.3 is 0 Å². The van der Waals surface area contributed by atoms with E-state index in [2.05, 4.69) is 20.4 Å². The maximum Gasteiger partial charge on any atom is 0.258 e. The van der Waals surface area contributed by atoms with Crippen molar-refractivity contribution in [2.45, 2.75) is 32.4 Å². The lowest BCUT2D eigenvalue weighted by Crippen LogP contribution is -2.36. The standard InChI is InChI=1S/C24H25N7O2S/c1-4-31-13-19(15(2)29-31)28-23-25-10-8-18(27-23)20-14-34-21(26-20)16-6-5-7-17(12-16)24(33)9-11-30(3)22(24)32/h5-8,10,12-14,33H,4,9,11H2,1-3H3,(H,25,27,28). The van der Waals surface area contributed by atoms with E-state index in [-0.39, 0.29) is 5.91 Å². The van der Waals surface area contributed by atoms with Crippen LogP contribution in [0, 0.1) is 6.92 Å². The van der Waals surface area contributed by atoms with Gasteiger partial charge in [-0.25, -0.2) is 15.0 Å². The second-order valence-electron chi connectivity index (χ2n) is 8.33. The fourth-order valence-corrected chi connectivity index (χ4v) is 4.85. The number of thiazole rings is 1. The molecular formula is C24H25N7O2S. The number of aliphatic hydroxyl groups is 1. The number of nitrogens with zero attached hydrogens (tertiary/aromatic N) is 6. The van der Waals surface area contributed by atoms with Crippen LogP contribution in [-0.4, -0.2) is 54.2 Å². The molecule has 1 aliphatic heterocycles. The van der Waals surface area contributed by atoms with E-state index in [0.717, 1.165) is 34.2 Å². The lowest BCUT2D eigenvalue weighted by molar-refractivity contribution is -0.143. The van der Waals surface area contributed by atoms with Gasteiger partial charge in [-0.1, -0.05) is 18.2 Å². The second-order valence-corrected chi connectivity index (χ2v) is 9.19. The molecule has 1 fully saturated rings. The molecule has 0 aliphatic carbocycles. The van der Waals surface area contributed by atoms with Gasteiger partial charge in [0, 0.05) is 49.9 Å². The summed E-state index contributed by atoms with van der Waals surface area (Å²) in [5.41, 5.74) is 3.12. The summed E-state index contributed by atoms with van der Waals surface area (Å²) in [5, 5.41) is 21.4. The fourth-order valence-electron chi connectivity index (χ4n) is 4.04. The first-order valence-corrected chi connectivity index (χ1v) is 11.9. The Hall–Kier alpha value is -3.63. The first-order chi connectivity index (χ1) is 16.4. The quantitative estimate of drug-likeness (QED) is 0.439. The molecule has 1 atom stereocenters. The van der Waals surface area contributed by atoms with Crippen LogP contribution in [0.2, 0.25) is 0 Å². The average Bonchev–Trinajstić information content (AvgIpc) is 3.55. The highest BCUT2D eigenvalue weighted by molar-refractivity contribution is 7.13. The molecule has 0 spiro atoms. The number of anilines is 2. The largest absolute Gasteiger partial charge is 0.375 e. The molecule has 3 aromatic heterocycles. The summed E-state index contributed by atoms with van der Waals surface area (Å²) in [7, 11) is 1.71. The number of likely N-dealkylation sites (tertiary alicyclic amines) is 1. The second kappa shape index (κ2) is 8.62. The Morgan fingerprint density at radius 3 is 2.82 bits per heavy atom. The number of likely N-dealkylation sites (N-methyl/N-ethyl adjacent to an activating group) is 1. The minimum Gasteiger partial charge on any atom is -0.375 e. The van der Waals surface area contributed by atoms with Crippen LogP contribution in [0.25, 0.3) is 22.0 Å². The monoisotopic (exact) mass is 475 g/mol. The number of carbonyl (C=O) groups excluding carboxylic acids is 1. The van der Waals surface area contributed by atoms with Crippen molar-refractivity contribution in [3.63, 3.8) is 0 Å². The molecule has 5 rings (SSSR count). The summed E-state index contributed by atoms with van der Waals surface area (Å²) < 4.78 is 1.86. The third-order valence-corrected chi connectivity index (χ3v) is 6.93. The molecule has 4 aromatic rings. The summed E-state index contributed by atoms with van der Waals surface area (Å²) >= 11 is 1.49. The van der Waals surface area contributed by atoms with Gasteiger partial charge in [-0.15, -0.1) is 11.3 Å². The van der Waals surface area contributed by atoms with Gasteiger partial charge in [-0.3, -0.25) is 9.48 Å². The lowest BCUT2D eigenvalue weighted by Gasteiger charge is -2.21. The first-order valence-electron chi connectivity index (χ1n) is 11.1. The van der Waals surface area contributed by atoms with Gasteiger partial charge in [-0.05, 0) is 31.5 Å². The Labute approximate surface area is 201 Å². The number of benzene rings is 1. The Morgan fingerprint density at radius 2 is 2.09 bits per heavy atom. The van der Waals surface area contributed by atoms with Crippen molar-refractivity contribution in [2.75, 3.05) is 18.9 Å². The van der Waals surface area contributed by atoms with E-state index in [0.29, 0.717) is 30.2 Å². The van der Waals surface area contributed by atoms with Gasteiger partial charge in [0.15, 0.2) is 5.60 Å². The molecule has 10 heteroatoms. The lowest BCUT2D eigenvalue weighted by atomic mass is 9.91. The van der Waals surface area contributed by atoms with Gasteiger partial charge in [0.05, 0.1) is 17.1 Å². The van der Waals surface area contributed by atoms with Crippen molar-refractivity contribution >= 4 is 28.9 Å². The molecule has 1 unspecified atom stereocenters. The van der Waals surface area contributed by atoms with Crippen LogP contribution in [0.4, 0.5) is 11.6 Å². The number of amides is 1. The highest BCUT2D eigenvalue weighted by Gasteiger charge is 2.45. The van der Waals surface area contributed by atoms with E-state index in [4.69, 9.17) is 4.98 Å². The molecule has 1 saturated heterocycles. The van der Waals surface area contributed by atoms with Crippen LogP contribution in [0.5, 0.6) is 0 Å². The summed E-state index contributed by atoms with van der Waals surface area (Å²) in [6, 6.07) is 9.24. The summed E-state index contributed by atoms with van der Waals surface area (Å²) in [5.74, 6) is 0.198. The van der Waals surface area contributed by atoms with E-state index >= 15 is 0 Å². The number of hydrogen-bond donors (Lipinski definition) is 2. The molecule has 1 aliphatic rings. The van der Waals surface area contributed by atoms with Gasteiger partial charge in [-0.2, -0.15) is 5.10 Å². The highest BCUT2D eigenvalue weighted by Crippen LogP contribution is 2.36. The topological polar surface area (TPSA) is 109 Å². The van der Waals surface area contributed by atoms with Crippen LogP contribution >= 0.6 is 11.3 Å². The number of rotatable bonds is 6. The molecule has 4 heterocycles. The fraction of sp³-hybridized carbons (Fsp3) is 0.292. The van der Waals surface area contributed by atoms with Crippen LogP contribution in [0.15, 0.2) is 48.1 Å². The Kier molecular flexibility index (Phi) is 5.62. The molecule has 174 valence electrons. The third-order valence-electron chi connectivity index (χ3n) is 6.04. The predicted octanol–water partition coefficient (Wildman–Crippen LogP) is 3.59. The number of aryl methyl sites for hydroxylation is 2. The van der Waals surface area contributed by atoms with Crippen molar-refractivity contribution in [1.82, 2.24) is 29.6 Å². The van der Waals surface area contributed by atoms with Crippen molar-refractivity contribution in [2.24, 2.45) is 0 Å². The molecule has 0 bridgehead atoms. The Bertz CT molecular complexity index is 1360. The van der Waals surface area contributed by atoms with Crippen LogP contribution in [0.1, 0.15) is 24.6 Å². The van der Waals surface area contributed by atoms with Crippen LogP contribution < -0.4 is 5.32 Å². The van der Waals surface area contributed by atoms with Crippen molar-refractivity contribution in [3.05, 3.63) is 59.4 Å². The molecule has 1 amide bonds. The zero-order valence-corrected chi connectivity index (χ0v) is 20.0. The van der Waals surface area contributed by atoms with Crippen LogP contribution in [0.3, 0.4) is 0 Å². The molecule has 2 N–H and O–H groups in total. The van der Waals surface area contributed by atoms with E-state index in [1.165, 1.54) is 11.3 Å². The van der Waals surface area contributed by atoms with E-state index in [1.807, 2.05) is 54.4 Å². The maximum atomic E-state index is 12.5. The molecule has 9 nitrogen and oxygen atoms in total. The van der Waals surface area contributed by atoms with Crippen molar-refractivity contribution in [3.8, 4) is 22.0 Å². The maximum absolute atomic E-state index is 12.5. The zero-order chi connectivity index (χ0) is 23.9. The molecule has 0 saturated carbocycles. The Balaban J connectivity index is 1.40. The number of carbonyl (C=O) groups is 1. The highest BCUT2D eigenvalue weighted by atomic mass is 32.1. The average molecular weight is 476 g/mol. The SMILES string of the molecule is CCn1cc(Nc2nccc(-c3csc(-c4cccc(C5(O)CCN(C)C5=O)c4)n3)n2)c(C)n1. The number of nitrogens with one attached hydrogen (secondary N) is 1. The predicted molar refractivity (Wildman–Crippen MR) is 131 cm³/mol. The molecule has 0 radical (unpaired) electrons. The molecule has 1 aromatic carbocycles. The summed E-state index contributed by atoms with van der Waals surface area (Å²) in [6.07, 6.45) is 4.00. The molecule has 34 heavy (non-hydrogen) atoms. The van der Waals surface area contributed by atoms with E-state index in [9.17, 15) is 9.90 Å². The van der Waals surface area contributed by atoms with Gasteiger partial charge in [0.25, 0.3) is 5.91 Å². The smallest absolute Gasteiger partial charge is 0.258 e. The number of hydrogen-bond acceptors (Lipinski definition) is 8.